The molecule has 0 aliphatic carbocycles. The standard InChI is InChI=1S/C21H16N4O3S/c1-28-20-12-17(10-9-15(20)13-22)29(26,27)25-16-6-4-5-14(11-16)21-23-18-7-2-3-8-19(18)24-21/h2-12,25H,1H3,(H,23,24). The van der Waals surface area contributed by atoms with Crippen LogP contribution in [0.5, 0.6) is 5.75 Å². The number of aromatic amines is 1. The Kier molecular flexibility index (Phi) is 4.66. The topological polar surface area (TPSA) is 108 Å². The highest BCUT2D eigenvalue weighted by molar-refractivity contribution is 7.92. The molecular weight excluding hydrogens is 388 g/mol. The van der Waals surface area contributed by atoms with E-state index < -0.39 is 10.0 Å². The second kappa shape index (κ2) is 7.30. The Morgan fingerprint density at radius 2 is 1.90 bits per heavy atom. The highest BCUT2D eigenvalue weighted by atomic mass is 32.2. The van der Waals surface area contributed by atoms with Crippen LogP contribution in [0.15, 0.2) is 71.6 Å². The van der Waals surface area contributed by atoms with Gasteiger partial charge in [0.05, 0.1) is 28.6 Å². The van der Waals surface area contributed by atoms with Gasteiger partial charge in [-0.15, -0.1) is 0 Å². The number of aromatic nitrogens is 2. The van der Waals surface area contributed by atoms with Gasteiger partial charge in [-0.1, -0.05) is 24.3 Å². The van der Waals surface area contributed by atoms with Crippen molar-refractivity contribution in [1.82, 2.24) is 9.97 Å². The van der Waals surface area contributed by atoms with E-state index in [0.717, 1.165) is 16.6 Å². The Labute approximate surface area is 167 Å². The molecule has 0 radical (unpaired) electrons. The summed E-state index contributed by atoms with van der Waals surface area (Å²) in [5, 5.41) is 9.07. The molecule has 7 nitrogen and oxygen atoms in total. The predicted octanol–water partition coefficient (Wildman–Crippen LogP) is 3.91. The first-order valence-corrected chi connectivity index (χ1v) is 10.1. The number of hydrogen-bond donors (Lipinski definition) is 2. The van der Waals surface area contributed by atoms with E-state index in [1.807, 2.05) is 36.4 Å². The van der Waals surface area contributed by atoms with E-state index in [-0.39, 0.29) is 16.2 Å². The molecule has 0 saturated heterocycles. The third-order valence-corrected chi connectivity index (χ3v) is 5.76. The quantitative estimate of drug-likeness (QED) is 0.524. The molecule has 0 saturated carbocycles. The van der Waals surface area contributed by atoms with Crippen molar-refractivity contribution in [2.45, 2.75) is 4.90 Å². The normalized spacial score (nSPS) is 11.2. The van der Waals surface area contributed by atoms with Crippen molar-refractivity contribution in [3.8, 4) is 23.2 Å². The van der Waals surface area contributed by atoms with Crippen LogP contribution >= 0.6 is 0 Å². The number of methoxy groups -OCH3 is 1. The summed E-state index contributed by atoms with van der Waals surface area (Å²) in [4.78, 5) is 7.77. The Morgan fingerprint density at radius 1 is 1.07 bits per heavy atom. The van der Waals surface area contributed by atoms with Gasteiger partial charge in [0, 0.05) is 17.3 Å². The van der Waals surface area contributed by atoms with Gasteiger partial charge in [-0.2, -0.15) is 5.26 Å². The van der Waals surface area contributed by atoms with Gasteiger partial charge in [0.25, 0.3) is 10.0 Å². The number of para-hydroxylation sites is 2. The fraction of sp³-hybridized carbons (Fsp3) is 0.0476. The van der Waals surface area contributed by atoms with Crippen molar-refractivity contribution < 1.29 is 13.2 Å². The van der Waals surface area contributed by atoms with Crippen molar-refractivity contribution in [3.63, 3.8) is 0 Å². The number of hydrogen-bond acceptors (Lipinski definition) is 5. The number of imidazole rings is 1. The molecule has 1 heterocycles. The number of ether oxygens (including phenoxy) is 1. The monoisotopic (exact) mass is 404 g/mol. The lowest BCUT2D eigenvalue weighted by Gasteiger charge is -2.11. The van der Waals surface area contributed by atoms with Gasteiger partial charge in [0.15, 0.2) is 0 Å². The number of nitriles is 1. The molecule has 4 aromatic rings. The largest absolute Gasteiger partial charge is 0.495 e. The Balaban J connectivity index is 1.66. The molecule has 8 heteroatoms. The maximum absolute atomic E-state index is 12.8. The molecule has 2 N–H and O–H groups in total. The smallest absolute Gasteiger partial charge is 0.262 e. The second-order valence-corrected chi connectivity index (χ2v) is 7.95. The first-order chi connectivity index (χ1) is 14.0. The van der Waals surface area contributed by atoms with Gasteiger partial charge in [-0.25, -0.2) is 13.4 Å². The molecular formula is C21H16N4O3S. The molecule has 0 spiro atoms. The lowest BCUT2D eigenvalue weighted by molar-refractivity contribution is 0.412. The Bertz CT molecular complexity index is 1320. The molecule has 4 rings (SSSR count). The molecule has 0 aliphatic heterocycles. The fourth-order valence-electron chi connectivity index (χ4n) is 2.96. The van der Waals surface area contributed by atoms with Crippen molar-refractivity contribution in [2.24, 2.45) is 0 Å². The lowest BCUT2D eigenvalue weighted by Crippen LogP contribution is -2.13. The van der Waals surface area contributed by atoms with Crippen molar-refractivity contribution in [2.75, 3.05) is 11.8 Å². The highest BCUT2D eigenvalue weighted by Crippen LogP contribution is 2.26. The van der Waals surface area contributed by atoms with Gasteiger partial charge >= 0.3 is 0 Å². The lowest BCUT2D eigenvalue weighted by atomic mass is 10.2. The molecule has 0 fully saturated rings. The number of sulfonamides is 1. The molecule has 3 aromatic carbocycles. The van der Waals surface area contributed by atoms with E-state index in [2.05, 4.69) is 14.7 Å². The zero-order valence-corrected chi connectivity index (χ0v) is 16.2. The summed E-state index contributed by atoms with van der Waals surface area (Å²) in [6.45, 7) is 0. The maximum atomic E-state index is 12.8. The van der Waals surface area contributed by atoms with Crippen LogP contribution in [-0.4, -0.2) is 25.5 Å². The molecule has 0 unspecified atom stereocenters. The number of nitrogens with zero attached hydrogens (tertiary/aromatic N) is 2. The van der Waals surface area contributed by atoms with Crippen molar-refractivity contribution in [3.05, 3.63) is 72.3 Å². The highest BCUT2D eigenvalue weighted by Gasteiger charge is 2.17. The van der Waals surface area contributed by atoms with E-state index in [1.165, 1.54) is 25.3 Å². The van der Waals surface area contributed by atoms with E-state index in [0.29, 0.717) is 11.5 Å². The Morgan fingerprint density at radius 3 is 2.66 bits per heavy atom. The SMILES string of the molecule is COc1cc(S(=O)(=O)Nc2cccc(-c3nc4ccccc4[nH]3)c2)ccc1C#N. The van der Waals surface area contributed by atoms with Crippen LogP contribution in [0.3, 0.4) is 0 Å². The maximum Gasteiger partial charge on any atom is 0.262 e. The number of rotatable bonds is 5. The Hall–Kier alpha value is -3.83. The molecule has 0 aliphatic rings. The van der Waals surface area contributed by atoms with Crippen LogP contribution < -0.4 is 9.46 Å². The molecule has 0 amide bonds. The molecule has 1 aromatic heterocycles. The van der Waals surface area contributed by atoms with E-state index >= 15 is 0 Å². The summed E-state index contributed by atoms with van der Waals surface area (Å²) >= 11 is 0. The van der Waals surface area contributed by atoms with E-state index in [1.54, 1.807) is 18.2 Å². The van der Waals surface area contributed by atoms with E-state index in [4.69, 9.17) is 10.00 Å². The average Bonchev–Trinajstić information content (AvgIpc) is 3.17. The molecule has 0 atom stereocenters. The third kappa shape index (κ3) is 3.63. The summed E-state index contributed by atoms with van der Waals surface area (Å²) in [5.41, 5.74) is 3.14. The summed E-state index contributed by atoms with van der Waals surface area (Å²) in [6.07, 6.45) is 0. The van der Waals surface area contributed by atoms with Crippen molar-refractivity contribution >= 4 is 26.7 Å². The van der Waals surface area contributed by atoms with Crippen LogP contribution in [0.25, 0.3) is 22.4 Å². The van der Waals surface area contributed by atoms with E-state index in [9.17, 15) is 8.42 Å². The predicted molar refractivity (Wildman–Crippen MR) is 110 cm³/mol. The zero-order chi connectivity index (χ0) is 20.4. The number of nitrogens with one attached hydrogen (secondary N) is 2. The van der Waals surface area contributed by atoms with Crippen molar-refractivity contribution in [1.29, 1.82) is 5.26 Å². The summed E-state index contributed by atoms with van der Waals surface area (Å²) in [7, 11) is -2.48. The zero-order valence-electron chi connectivity index (χ0n) is 15.4. The number of benzene rings is 3. The second-order valence-electron chi connectivity index (χ2n) is 6.26. The van der Waals surface area contributed by atoms with Gasteiger partial charge in [-0.3, -0.25) is 4.72 Å². The summed E-state index contributed by atoms with van der Waals surface area (Å²) < 4.78 is 33.2. The van der Waals surface area contributed by atoms with Crippen LogP contribution in [-0.2, 0) is 10.0 Å². The minimum Gasteiger partial charge on any atom is -0.495 e. The van der Waals surface area contributed by atoms with Gasteiger partial charge in [-0.05, 0) is 36.4 Å². The minimum absolute atomic E-state index is 0.00231. The molecule has 29 heavy (non-hydrogen) atoms. The first kappa shape index (κ1) is 18.5. The summed E-state index contributed by atoms with van der Waals surface area (Å²) in [6, 6.07) is 20.7. The summed E-state index contributed by atoms with van der Waals surface area (Å²) in [5.74, 6) is 0.846. The number of anilines is 1. The molecule has 0 bridgehead atoms. The van der Waals surface area contributed by atoms with Gasteiger partial charge < -0.3 is 9.72 Å². The van der Waals surface area contributed by atoms with Crippen LogP contribution in [0, 0.1) is 11.3 Å². The molecule has 144 valence electrons. The van der Waals surface area contributed by atoms with Gasteiger partial charge in [0.1, 0.15) is 17.6 Å². The van der Waals surface area contributed by atoms with Crippen LogP contribution in [0.2, 0.25) is 0 Å². The van der Waals surface area contributed by atoms with Crippen LogP contribution in [0.1, 0.15) is 5.56 Å². The average molecular weight is 404 g/mol. The van der Waals surface area contributed by atoms with Gasteiger partial charge in [0.2, 0.25) is 0 Å². The number of H-pyrrole nitrogens is 1. The minimum atomic E-state index is -3.86. The fourth-order valence-corrected chi connectivity index (χ4v) is 4.03. The van der Waals surface area contributed by atoms with Crippen LogP contribution in [0.4, 0.5) is 5.69 Å². The number of fused-ring (bicyclic) bond motifs is 1. The first-order valence-electron chi connectivity index (χ1n) is 8.66. The third-order valence-electron chi connectivity index (χ3n) is 4.38.